The molecule has 5 heterocycles. The summed E-state index contributed by atoms with van der Waals surface area (Å²) in [6, 6.07) is 5.38. The number of carbonyl (C=O) groups excluding carboxylic acids is 4. The molecule has 300 valence electrons. The standard InChI is InChI=1S/C38H51N11O7/c1-20(2)28(46-37(53)55-5)35(51)48-15-7-9-25(48)32-39-17-24(43-32)22-11-13-23(14-12-22)31(50)30-34(42-19-41-30)45-27-18-40-33(44-27)26-10-8-16-49(26)36(52)29(21(3)4)47-38(54)56-6/h11-14,17-21,25-26,28-29,31,45,50H,7-10,15-16H2,1-6H3,(H,39,43)(H,40,44)(H,41,42)(H,46,53)(H,47,54). The van der Waals surface area contributed by atoms with E-state index in [-0.39, 0.29) is 35.7 Å². The molecule has 7 N–H and O–H groups in total. The molecule has 56 heavy (non-hydrogen) atoms. The first-order valence-corrected chi connectivity index (χ1v) is 18.9. The number of hydrogen-bond donors (Lipinski definition) is 7. The van der Waals surface area contributed by atoms with E-state index in [1.54, 1.807) is 22.2 Å². The Morgan fingerprint density at radius 3 is 1.86 bits per heavy atom. The summed E-state index contributed by atoms with van der Waals surface area (Å²) in [5, 5.41) is 20.0. The number of likely N-dealkylation sites (tertiary alicyclic amines) is 2. The Hall–Kier alpha value is -5.91. The fourth-order valence-electron chi connectivity index (χ4n) is 7.36. The van der Waals surface area contributed by atoms with Gasteiger partial charge in [0.15, 0.2) is 5.82 Å². The Morgan fingerprint density at radius 2 is 1.32 bits per heavy atom. The van der Waals surface area contributed by atoms with Gasteiger partial charge in [-0.2, -0.15) is 0 Å². The maximum Gasteiger partial charge on any atom is 0.407 e. The van der Waals surface area contributed by atoms with Gasteiger partial charge in [0.1, 0.15) is 35.7 Å². The monoisotopic (exact) mass is 773 g/mol. The van der Waals surface area contributed by atoms with Crippen LogP contribution in [0.15, 0.2) is 43.0 Å². The number of imidazole rings is 3. The Balaban J connectivity index is 1.10. The lowest BCUT2D eigenvalue weighted by atomic mass is 10.0. The van der Waals surface area contributed by atoms with Crippen LogP contribution in [0.25, 0.3) is 11.3 Å². The van der Waals surface area contributed by atoms with Crippen molar-refractivity contribution in [2.75, 3.05) is 32.6 Å². The Labute approximate surface area is 324 Å². The van der Waals surface area contributed by atoms with Crippen LogP contribution in [-0.4, -0.2) is 108 Å². The Morgan fingerprint density at radius 1 is 0.786 bits per heavy atom. The number of methoxy groups -OCH3 is 2. The zero-order valence-corrected chi connectivity index (χ0v) is 32.5. The number of nitrogens with zero attached hydrogens (tertiary/aromatic N) is 5. The highest BCUT2D eigenvalue weighted by Gasteiger charge is 2.39. The third-order valence-corrected chi connectivity index (χ3v) is 10.4. The molecule has 18 nitrogen and oxygen atoms in total. The molecule has 3 aromatic heterocycles. The molecule has 0 spiro atoms. The van der Waals surface area contributed by atoms with Crippen LogP contribution in [0.2, 0.25) is 0 Å². The molecular weight excluding hydrogens is 722 g/mol. The molecule has 0 bridgehead atoms. The van der Waals surface area contributed by atoms with Gasteiger partial charge < -0.3 is 55.3 Å². The van der Waals surface area contributed by atoms with E-state index in [0.717, 1.165) is 30.5 Å². The number of nitrogens with one attached hydrogen (secondary N) is 6. The summed E-state index contributed by atoms with van der Waals surface area (Å²) < 4.78 is 9.47. The van der Waals surface area contributed by atoms with E-state index in [1.807, 2.05) is 52.0 Å². The molecule has 1 aromatic carbocycles. The third kappa shape index (κ3) is 8.49. The van der Waals surface area contributed by atoms with Gasteiger partial charge in [0.25, 0.3) is 0 Å². The number of benzene rings is 1. The van der Waals surface area contributed by atoms with Crippen molar-refractivity contribution in [3.63, 3.8) is 0 Å². The third-order valence-electron chi connectivity index (χ3n) is 10.4. The molecule has 4 amide bonds. The lowest BCUT2D eigenvalue weighted by molar-refractivity contribution is -0.136. The molecule has 4 aromatic rings. The second-order valence-corrected chi connectivity index (χ2v) is 14.8. The minimum atomic E-state index is -1.04. The summed E-state index contributed by atoms with van der Waals surface area (Å²) in [4.78, 5) is 77.7. The summed E-state index contributed by atoms with van der Waals surface area (Å²) >= 11 is 0. The van der Waals surface area contributed by atoms with Crippen LogP contribution in [0.5, 0.6) is 0 Å². The zero-order chi connectivity index (χ0) is 40.1. The van der Waals surface area contributed by atoms with E-state index in [4.69, 9.17) is 9.47 Å². The first-order chi connectivity index (χ1) is 26.9. The van der Waals surface area contributed by atoms with Gasteiger partial charge in [-0.05, 0) is 48.6 Å². The van der Waals surface area contributed by atoms with Crippen LogP contribution in [0, 0.1) is 11.8 Å². The van der Waals surface area contributed by atoms with Crippen molar-refractivity contribution in [1.29, 1.82) is 0 Å². The van der Waals surface area contributed by atoms with Gasteiger partial charge >= 0.3 is 12.2 Å². The maximum absolute atomic E-state index is 13.5. The number of aromatic amines is 3. The Kier molecular flexibility index (Phi) is 12.3. The molecule has 2 aliphatic heterocycles. The van der Waals surface area contributed by atoms with E-state index in [1.165, 1.54) is 20.5 Å². The topological polar surface area (TPSA) is 236 Å². The molecular formula is C38H51N11O7. The van der Waals surface area contributed by atoms with Crippen LogP contribution >= 0.6 is 0 Å². The van der Waals surface area contributed by atoms with Gasteiger partial charge in [0, 0.05) is 13.1 Å². The molecule has 2 saturated heterocycles. The number of hydrogen-bond acceptors (Lipinski definition) is 11. The number of aliphatic hydroxyl groups excluding tert-OH is 1. The average Bonchev–Trinajstić information content (AvgIpc) is 4.04. The predicted octanol–water partition coefficient (Wildman–Crippen LogP) is 4.44. The first kappa shape index (κ1) is 39.8. The molecule has 0 saturated carbocycles. The van der Waals surface area contributed by atoms with Crippen LogP contribution < -0.4 is 16.0 Å². The largest absolute Gasteiger partial charge is 0.453 e. The van der Waals surface area contributed by atoms with Crippen molar-refractivity contribution < 1.29 is 33.8 Å². The van der Waals surface area contributed by atoms with Crippen LogP contribution in [0.1, 0.15) is 94.5 Å². The number of amides is 4. The lowest BCUT2D eigenvalue weighted by Gasteiger charge is -2.30. The fraction of sp³-hybridized carbons (Fsp3) is 0.500. The molecule has 18 heteroatoms. The van der Waals surface area contributed by atoms with Crippen molar-refractivity contribution in [3.05, 3.63) is 65.9 Å². The molecule has 0 radical (unpaired) electrons. The number of anilines is 2. The normalized spacial score (nSPS) is 18.5. The van der Waals surface area contributed by atoms with Crippen LogP contribution in [0.3, 0.4) is 0 Å². The molecule has 0 aliphatic carbocycles. The van der Waals surface area contributed by atoms with Crippen molar-refractivity contribution in [2.45, 2.75) is 83.6 Å². The van der Waals surface area contributed by atoms with Gasteiger partial charge in [-0.25, -0.2) is 24.5 Å². The maximum atomic E-state index is 13.5. The average molecular weight is 774 g/mol. The quantitative estimate of drug-likeness (QED) is 0.100. The highest BCUT2D eigenvalue weighted by molar-refractivity contribution is 5.87. The molecule has 2 fully saturated rings. The Bertz CT molecular complexity index is 1990. The fourth-order valence-corrected chi connectivity index (χ4v) is 7.36. The predicted molar refractivity (Wildman–Crippen MR) is 204 cm³/mol. The number of alkyl carbamates (subject to hydrolysis) is 2. The zero-order valence-electron chi connectivity index (χ0n) is 32.5. The number of rotatable bonds is 13. The van der Waals surface area contributed by atoms with Crippen molar-refractivity contribution >= 4 is 35.6 Å². The van der Waals surface area contributed by atoms with Gasteiger partial charge in [-0.1, -0.05) is 52.0 Å². The van der Waals surface area contributed by atoms with E-state index in [0.29, 0.717) is 54.1 Å². The first-order valence-electron chi connectivity index (χ1n) is 18.9. The van der Waals surface area contributed by atoms with Crippen LogP contribution in [0.4, 0.5) is 21.2 Å². The highest BCUT2D eigenvalue weighted by atomic mass is 16.5. The smallest absolute Gasteiger partial charge is 0.407 e. The minimum Gasteiger partial charge on any atom is -0.453 e. The van der Waals surface area contributed by atoms with E-state index in [9.17, 15) is 24.3 Å². The van der Waals surface area contributed by atoms with Crippen LogP contribution in [-0.2, 0) is 19.1 Å². The highest BCUT2D eigenvalue weighted by Crippen LogP contribution is 2.35. The number of carbonyl (C=O) groups is 4. The summed E-state index contributed by atoms with van der Waals surface area (Å²) in [6.45, 7) is 8.58. The molecule has 2 aliphatic rings. The summed E-state index contributed by atoms with van der Waals surface area (Å²) in [6.07, 6.45) is 5.52. The molecule has 5 unspecified atom stereocenters. The van der Waals surface area contributed by atoms with Gasteiger partial charge in [0.2, 0.25) is 11.8 Å². The van der Waals surface area contributed by atoms with E-state index >= 15 is 0 Å². The lowest BCUT2D eigenvalue weighted by Crippen LogP contribution is -2.51. The SMILES string of the molecule is COC(=O)NC(C(=O)N1CCCC1c1ncc(Nc2nc[nH]c2C(O)c2ccc(-c3cnc(C4CCCN4C(=O)C(NC(=O)OC)C(C)C)[nH]3)cc2)[nH]1)C(C)C. The van der Waals surface area contributed by atoms with E-state index < -0.39 is 30.4 Å². The number of aromatic nitrogens is 6. The summed E-state index contributed by atoms with van der Waals surface area (Å²) in [7, 11) is 2.54. The van der Waals surface area contributed by atoms with Gasteiger partial charge in [0.05, 0.1) is 56.4 Å². The van der Waals surface area contributed by atoms with E-state index in [2.05, 4.69) is 45.9 Å². The van der Waals surface area contributed by atoms with Gasteiger partial charge in [-0.3, -0.25) is 9.59 Å². The molecule has 6 rings (SSSR count). The summed E-state index contributed by atoms with van der Waals surface area (Å²) in [5.41, 5.74) is 2.67. The number of aliphatic hydroxyl groups is 1. The second-order valence-electron chi connectivity index (χ2n) is 14.8. The van der Waals surface area contributed by atoms with Crippen molar-refractivity contribution in [2.24, 2.45) is 11.8 Å². The van der Waals surface area contributed by atoms with Gasteiger partial charge in [-0.15, -0.1) is 0 Å². The number of ether oxygens (including phenoxy) is 2. The van der Waals surface area contributed by atoms with Crippen molar-refractivity contribution in [1.82, 2.24) is 50.3 Å². The molecule has 5 atom stereocenters. The van der Waals surface area contributed by atoms with Crippen molar-refractivity contribution in [3.8, 4) is 11.3 Å². The number of H-pyrrole nitrogens is 3. The minimum absolute atomic E-state index is 0.134. The summed E-state index contributed by atoms with van der Waals surface area (Å²) in [5.74, 6) is 1.52. The second kappa shape index (κ2) is 17.3.